The highest BCUT2D eigenvalue weighted by Crippen LogP contribution is 1.88. The average molecular weight is 148 g/mol. The van der Waals surface area contributed by atoms with Crippen molar-refractivity contribution < 1.29 is 0 Å². The Kier molecular flexibility index (Phi) is 21.1. The van der Waals surface area contributed by atoms with Crippen molar-refractivity contribution in [1.29, 1.82) is 0 Å². The van der Waals surface area contributed by atoms with Crippen LogP contribution >= 0.6 is 12.6 Å². The van der Waals surface area contributed by atoms with E-state index in [0.29, 0.717) is 0 Å². The number of unbranched alkanes of at least 4 members (excludes halogenated alkanes) is 2. The van der Waals surface area contributed by atoms with E-state index in [4.69, 9.17) is 0 Å². The molecule has 0 unspecified atom stereocenters. The number of hydrogen-bond acceptors (Lipinski definition) is 1. The molecule has 0 atom stereocenters. The van der Waals surface area contributed by atoms with Gasteiger partial charge in [0.15, 0.2) is 0 Å². The quantitative estimate of drug-likeness (QED) is 0.582. The highest BCUT2D eigenvalue weighted by atomic mass is 32.1. The van der Waals surface area contributed by atoms with Crippen molar-refractivity contribution in [2.24, 2.45) is 0 Å². The van der Waals surface area contributed by atoms with Crippen molar-refractivity contribution in [2.75, 3.05) is 5.75 Å². The Bertz CT molecular complexity index is 23.7. The van der Waals surface area contributed by atoms with Gasteiger partial charge in [0, 0.05) is 0 Å². The van der Waals surface area contributed by atoms with Gasteiger partial charge in [0.1, 0.15) is 0 Å². The molecule has 0 aromatic rings. The summed E-state index contributed by atoms with van der Waals surface area (Å²) in [5.74, 6) is 1.01. The fraction of sp³-hybridized carbons (Fsp3) is 1.00. The zero-order valence-electron chi connectivity index (χ0n) is 6.98. The maximum Gasteiger partial charge on any atom is -0.0101 e. The smallest absolute Gasteiger partial charge is 0.0101 e. The Morgan fingerprint density at radius 3 is 1.22 bits per heavy atom. The molecule has 0 spiro atoms. The summed E-state index contributed by atoms with van der Waals surface area (Å²) in [5.41, 5.74) is 0. The van der Waals surface area contributed by atoms with Crippen molar-refractivity contribution in [1.82, 2.24) is 0 Å². The van der Waals surface area contributed by atoms with Gasteiger partial charge >= 0.3 is 0 Å². The molecule has 0 fully saturated rings. The Labute approximate surface area is 65.5 Å². The summed E-state index contributed by atoms with van der Waals surface area (Å²) < 4.78 is 0. The van der Waals surface area contributed by atoms with Crippen molar-refractivity contribution >= 4 is 12.6 Å². The van der Waals surface area contributed by atoms with Crippen LogP contribution < -0.4 is 0 Å². The summed E-state index contributed by atoms with van der Waals surface area (Å²) in [6.45, 7) is 6.53. The third-order valence-corrected chi connectivity index (χ3v) is 1.38. The van der Waals surface area contributed by atoms with Crippen molar-refractivity contribution in [3.63, 3.8) is 0 Å². The standard InChI is InChI=1S/C5H12.C3H8S/c1-3-5-4-2;1-2-3-4/h3-5H2,1-2H3;4H,2-3H2,1H3. The highest BCUT2D eigenvalue weighted by Gasteiger charge is 1.68. The molecule has 0 saturated carbocycles. The second kappa shape index (κ2) is 15.8. The molecule has 0 N–H and O–H groups in total. The monoisotopic (exact) mass is 148 g/mol. The van der Waals surface area contributed by atoms with Gasteiger partial charge in [-0.15, -0.1) is 0 Å². The molecule has 9 heavy (non-hydrogen) atoms. The summed E-state index contributed by atoms with van der Waals surface area (Å²) in [6.07, 6.45) is 5.26. The Hall–Kier alpha value is 0.350. The van der Waals surface area contributed by atoms with Gasteiger partial charge in [0.25, 0.3) is 0 Å². The van der Waals surface area contributed by atoms with E-state index in [9.17, 15) is 0 Å². The van der Waals surface area contributed by atoms with Crippen LogP contribution in [-0.4, -0.2) is 5.75 Å². The zero-order chi connectivity index (χ0) is 7.54. The van der Waals surface area contributed by atoms with Gasteiger partial charge in [-0.25, -0.2) is 0 Å². The molecule has 0 rings (SSSR count). The van der Waals surface area contributed by atoms with Gasteiger partial charge in [-0.3, -0.25) is 0 Å². The molecule has 0 aliphatic heterocycles. The fourth-order valence-corrected chi connectivity index (χ4v) is 0.354. The third kappa shape index (κ3) is 30.0. The molecular weight excluding hydrogens is 128 g/mol. The topological polar surface area (TPSA) is 0 Å². The van der Waals surface area contributed by atoms with Crippen LogP contribution in [0.1, 0.15) is 46.5 Å². The van der Waals surface area contributed by atoms with Crippen molar-refractivity contribution in [3.05, 3.63) is 0 Å². The van der Waals surface area contributed by atoms with E-state index in [2.05, 4.69) is 33.4 Å². The first-order valence-electron chi connectivity index (χ1n) is 3.94. The normalized spacial score (nSPS) is 8.00. The zero-order valence-corrected chi connectivity index (χ0v) is 7.88. The van der Waals surface area contributed by atoms with Crippen LogP contribution in [0.5, 0.6) is 0 Å². The highest BCUT2D eigenvalue weighted by molar-refractivity contribution is 7.80. The second-order valence-corrected chi connectivity index (χ2v) is 2.52. The molecule has 0 bridgehead atoms. The van der Waals surface area contributed by atoms with Gasteiger partial charge in [0.2, 0.25) is 0 Å². The number of hydrogen-bond donors (Lipinski definition) is 1. The maximum atomic E-state index is 3.92. The van der Waals surface area contributed by atoms with E-state index in [0.717, 1.165) is 5.75 Å². The summed E-state index contributed by atoms with van der Waals surface area (Å²) in [6, 6.07) is 0. The second-order valence-electron chi connectivity index (χ2n) is 2.08. The Morgan fingerprint density at radius 1 is 0.889 bits per heavy atom. The Balaban J connectivity index is 0. The average Bonchev–Trinajstić information content (AvgIpc) is 1.91. The SMILES string of the molecule is CCCCC.CCCS. The predicted octanol–water partition coefficient (Wildman–Crippen LogP) is 3.52. The molecule has 0 heterocycles. The predicted molar refractivity (Wildman–Crippen MR) is 49.3 cm³/mol. The molecule has 1 heteroatoms. The van der Waals surface area contributed by atoms with E-state index in [-0.39, 0.29) is 0 Å². The van der Waals surface area contributed by atoms with Crippen LogP contribution in [-0.2, 0) is 0 Å². The first-order chi connectivity index (χ1) is 4.33. The summed E-state index contributed by atoms with van der Waals surface area (Å²) in [4.78, 5) is 0. The fourth-order valence-electron chi connectivity index (χ4n) is 0.354. The summed E-state index contributed by atoms with van der Waals surface area (Å²) in [7, 11) is 0. The minimum atomic E-state index is 1.01. The molecule has 0 radical (unpaired) electrons. The van der Waals surface area contributed by atoms with Crippen LogP contribution in [0.2, 0.25) is 0 Å². The largest absolute Gasteiger partial charge is 0.179 e. The van der Waals surface area contributed by atoms with E-state index < -0.39 is 0 Å². The first kappa shape index (κ1) is 12.1. The Morgan fingerprint density at radius 2 is 1.22 bits per heavy atom. The minimum Gasteiger partial charge on any atom is -0.179 e. The molecule has 0 saturated heterocycles. The van der Waals surface area contributed by atoms with E-state index in [1.807, 2.05) is 0 Å². The maximum absolute atomic E-state index is 3.92. The van der Waals surface area contributed by atoms with E-state index >= 15 is 0 Å². The number of thiol groups is 1. The van der Waals surface area contributed by atoms with E-state index in [1.54, 1.807) is 0 Å². The van der Waals surface area contributed by atoms with Crippen LogP contribution in [0.15, 0.2) is 0 Å². The molecule has 0 nitrogen and oxygen atoms in total. The van der Waals surface area contributed by atoms with Crippen LogP contribution in [0.25, 0.3) is 0 Å². The van der Waals surface area contributed by atoms with Crippen LogP contribution in [0.4, 0.5) is 0 Å². The molecule has 58 valence electrons. The summed E-state index contributed by atoms with van der Waals surface area (Å²) in [5, 5.41) is 0. The first-order valence-corrected chi connectivity index (χ1v) is 4.57. The number of rotatable bonds is 3. The third-order valence-electron chi connectivity index (χ3n) is 0.931. The lowest BCUT2D eigenvalue weighted by atomic mass is 10.3. The molecular formula is C8H20S. The molecule has 0 aliphatic rings. The van der Waals surface area contributed by atoms with Gasteiger partial charge in [0.05, 0.1) is 0 Å². The summed E-state index contributed by atoms with van der Waals surface area (Å²) >= 11 is 3.92. The van der Waals surface area contributed by atoms with E-state index in [1.165, 1.54) is 25.7 Å². The van der Waals surface area contributed by atoms with Crippen LogP contribution in [0, 0.1) is 0 Å². The lowest BCUT2D eigenvalue weighted by molar-refractivity contribution is 0.772. The molecule has 0 aliphatic carbocycles. The lowest BCUT2D eigenvalue weighted by Gasteiger charge is -1.79. The van der Waals surface area contributed by atoms with Gasteiger partial charge in [-0.2, -0.15) is 12.6 Å². The molecule has 0 aromatic carbocycles. The van der Waals surface area contributed by atoms with Gasteiger partial charge in [-0.05, 0) is 12.2 Å². The van der Waals surface area contributed by atoms with Gasteiger partial charge < -0.3 is 0 Å². The van der Waals surface area contributed by atoms with Crippen molar-refractivity contribution in [2.45, 2.75) is 46.5 Å². The van der Waals surface area contributed by atoms with Crippen LogP contribution in [0.3, 0.4) is 0 Å². The minimum absolute atomic E-state index is 1.01. The molecule has 0 amide bonds. The van der Waals surface area contributed by atoms with Crippen molar-refractivity contribution in [3.8, 4) is 0 Å². The van der Waals surface area contributed by atoms with Gasteiger partial charge in [-0.1, -0.05) is 40.0 Å². The lowest BCUT2D eigenvalue weighted by Crippen LogP contribution is -1.59. The molecule has 0 aromatic heterocycles.